The molecular formula is C8H7ClO4. The highest BCUT2D eigenvalue weighted by Crippen LogP contribution is 2.36. The Bertz CT molecular complexity index is 373. The molecule has 0 aliphatic carbocycles. The molecule has 0 fully saturated rings. The Morgan fingerprint density at radius 1 is 1.46 bits per heavy atom. The lowest BCUT2D eigenvalue weighted by molar-refractivity contribution is 0.0696. The largest absolute Gasteiger partial charge is 0.508 e. The smallest absolute Gasteiger partial charge is 0.337 e. The number of hydrogen-bond donors (Lipinski definition) is 3. The standard InChI is InChI=1S/C8H7ClO4/c1-3-5(10)2-4(8(12)13)6(9)7(3)11/h2,10-11H,1H3,(H,12,13). The minimum absolute atomic E-state index is 0.162. The molecule has 0 amide bonds. The lowest BCUT2D eigenvalue weighted by Gasteiger charge is -2.06. The van der Waals surface area contributed by atoms with Gasteiger partial charge < -0.3 is 15.3 Å². The number of benzene rings is 1. The molecule has 0 atom stereocenters. The molecule has 0 saturated carbocycles. The first-order valence-electron chi connectivity index (χ1n) is 3.39. The number of phenols is 2. The second-order valence-corrected chi connectivity index (χ2v) is 2.91. The van der Waals surface area contributed by atoms with Gasteiger partial charge in [-0.2, -0.15) is 0 Å². The predicted molar refractivity (Wildman–Crippen MR) is 46.5 cm³/mol. The van der Waals surface area contributed by atoms with Crippen LogP contribution in [0.3, 0.4) is 0 Å². The second kappa shape index (κ2) is 3.14. The van der Waals surface area contributed by atoms with Crippen molar-refractivity contribution in [3.63, 3.8) is 0 Å². The summed E-state index contributed by atoms with van der Waals surface area (Å²) in [4.78, 5) is 10.5. The van der Waals surface area contributed by atoms with Gasteiger partial charge in [-0.1, -0.05) is 11.6 Å². The third kappa shape index (κ3) is 1.53. The van der Waals surface area contributed by atoms with Crippen LogP contribution in [0.4, 0.5) is 0 Å². The Hall–Kier alpha value is -1.42. The van der Waals surface area contributed by atoms with E-state index in [0.29, 0.717) is 0 Å². The van der Waals surface area contributed by atoms with E-state index in [4.69, 9.17) is 16.7 Å². The summed E-state index contributed by atoms with van der Waals surface area (Å²) in [6.45, 7) is 1.43. The van der Waals surface area contributed by atoms with Gasteiger partial charge in [0.05, 0.1) is 10.6 Å². The number of aromatic carboxylic acids is 1. The maximum atomic E-state index is 10.5. The molecule has 0 saturated heterocycles. The van der Waals surface area contributed by atoms with Gasteiger partial charge in [-0.05, 0) is 13.0 Å². The SMILES string of the molecule is Cc1c(O)cc(C(=O)O)c(Cl)c1O. The van der Waals surface area contributed by atoms with Gasteiger partial charge in [-0.25, -0.2) is 4.79 Å². The molecule has 3 N–H and O–H groups in total. The first-order chi connectivity index (χ1) is 5.95. The number of aromatic hydroxyl groups is 2. The molecule has 0 unspecified atom stereocenters. The lowest BCUT2D eigenvalue weighted by Crippen LogP contribution is -1.98. The summed E-state index contributed by atoms with van der Waals surface area (Å²) in [5.41, 5.74) is -0.155. The topological polar surface area (TPSA) is 77.8 Å². The molecule has 1 aromatic rings. The van der Waals surface area contributed by atoms with Crippen LogP contribution in [-0.2, 0) is 0 Å². The van der Waals surface area contributed by atoms with Gasteiger partial charge in [0.2, 0.25) is 0 Å². The fraction of sp³-hybridized carbons (Fsp3) is 0.125. The third-order valence-electron chi connectivity index (χ3n) is 1.70. The third-order valence-corrected chi connectivity index (χ3v) is 2.08. The molecule has 1 aromatic carbocycles. The van der Waals surface area contributed by atoms with Gasteiger partial charge in [-0.15, -0.1) is 0 Å². The van der Waals surface area contributed by atoms with Crippen LogP contribution in [0.5, 0.6) is 11.5 Å². The van der Waals surface area contributed by atoms with E-state index in [1.54, 1.807) is 0 Å². The molecule has 4 nitrogen and oxygen atoms in total. The van der Waals surface area contributed by atoms with Crippen molar-refractivity contribution < 1.29 is 20.1 Å². The molecule has 0 aliphatic heterocycles. The van der Waals surface area contributed by atoms with Gasteiger partial charge >= 0.3 is 5.97 Å². The molecule has 0 aliphatic rings. The maximum Gasteiger partial charge on any atom is 0.337 e. The Kier molecular flexibility index (Phi) is 2.34. The Labute approximate surface area is 79.0 Å². The molecule has 5 heteroatoms. The summed E-state index contributed by atoms with van der Waals surface area (Å²) < 4.78 is 0. The molecule has 0 spiro atoms. The van der Waals surface area contributed by atoms with Gasteiger partial charge in [0, 0.05) is 5.56 Å². The summed E-state index contributed by atoms with van der Waals surface area (Å²) in [6.07, 6.45) is 0. The van der Waals surface area contributed by atoms with Crippen LogP contribution in [-0.4, -0.2) is 21.3 Å². The van der Waals surface area contributed by atoms with Crippen LogP contribution in [0, 0.1) is 6.92 Å². The molecule has 70 valence electrons. The lowest BCUT2D eigenvalue weighted by atomic mass is 10.1. The first-order valence-corrected chi connectivity index (χ1v) is 3.77. The number of carboxylic acids is 1. The van der Waals surface area contributed by atoms with Crippen LogP contribution >= 0.6 is 11.6 Å². The van der Waals surface area contributed by atoms with Crippen molar-refractivity contribution >= 4 is 17.6 Å². The van der Waals surface area contributed by atoms with Crippen LogP contribution in [0.2, 0.25) is 5.02 Å². The van der Waals surface area contributed by atoms with Gasteiger partial charge in [0.1, 0.15) is 11.5 Å². The molecule has 0 radical (unpaired) electrons. The monoisotopic (exact) mass is 202 g/mol. The van der Waals surface area contributed by atoms with E-state index >= 15 is 0 Å². The van der Waals surface area contributed by atoms with Crippen molar-refractivity contribution in [3.05, 3.63) is 22.2 Å². The van der Waals surface area contributed by atoms with Crippen molar-refractivity contribution in [2.45, 2.75) is 6.92 Å². The highest BCUT2D eigenvalue weighted by molar-refractivity contribution is 6.35. The molecule has 0 heterocycles. The number of hydrogen-bond acceptors (Lipinski definition) is 3. The zero-order valence-electron chi connectivity index (χ0n) is 6.71. The van der Waals surface area contributed by atoms with Crippen molar-refractivity contribution in [1.29, 1.82) is 0 Å². The van der Waals surface area contributed by atoms with Gasteiger partial charge in [-0.3, -0.25) is 0 Å². The zero-order chi connectivity index (χ0) is 10.2. The Balaban J connectivity index is 3.50. The van der Waals surface area contributed by atoms with Crippen LogP contribution in [0.1, 0.15) is 15.9 Å². The van der Waals surface area contributed by atoms with E-state index < -0.39 is 11.7 Å². The summed E-state index contributed by atoms with van der Waals surface area (Å²) in [6, 6.07) is 1.000. The average Bonchev–Trinajstić information content (AvgIpc) is 2.07. The first kappa shape index (κ1) is 9.67. The summed E-state index contributed by atoms with van der Waals surface area (Å²) in [7, 11) is 0. The van der Waals surface area contributed by atoms with Crippen molar-refractivity contribution in [3.8, 4) is 11.5 Å². The van der Waals surface area contributed by atoms with Crippen LogP contribution < -0.4 is 0 Å². The van der Waals surface area contributed by atoms with E-state index in [9.17, 15) is 15.0 Å². The molecule has 0 aromatic heterocycles. The molecule has 13 heavy (non-hydrogen) atoms. The van der Waals surface area contributed by atoms with E-state index in [-0.39, 0.29) is 21.9 Å². The van der Waals surface area contributed by atoms with Crippen molar-refractivity contribution in [2.24, 2.45) is 0 Å². The van der Waals surface area contributed by atoms with E-state index in [1.165, 1.54) is 6.92 Å². The quantitative estimate of drug-likeness (QED) is 0.649. The van der Waals surface area contributed by atoms with Crippen LogP contribution in [0.15, 0.2) is 6.07 Å². The molecule has 1 rings (SSSR count). The number of halogens is 1. The summed E-state index contributed by atoms with van der Waals surface area (Å²) in [5, 5.41) is 26.8. The minimum atomic E-state index is -1.30. The number of carboxylic acid groups (broad SMARTS) is 1. The highest BCUT2D eigenvalue weighted by atomic mass is 35.5. The minimum Gasteiger partial charge on any atom is -0.508 e. The normalized spacial score (nSPS) is 10.0. The zero-order valence-corrected chi connectivity index (χ0v) is 7.46. The number of phenolic OH excluding ortho intramolecular Hbond substituents is 2. The fourth-order valence-electron chi connectivity index (χ4n) is 0.877. The van der Waals surface area contributed by atoms with Crippen LogP contribution in [0.25, 0.3) is 0 Å². The number of rotatable bonds is 1. The van der Waals surface area contributed by atoms with E-state index in [1.807, 2.05) is 0 Å². The second-order valence-electron chi connectivity index (χ2n) is 2.54. The van der Waals surface area contributed by atoms with E-state index in [0.717, 1.165) is 6.07 Å². The summed E-state index contributed by atoms with van der Waals surface area (Å²) >= 11 is 5.52. The molecular weight excluding hydrogens is 196 g/mol. The van der Waals surface area contributed by atoms with Crippen molar-refractivity contribution in [2.75, 3.05) is 0 Å². The maximum absolute atomic E-state index is 10.5. The highest BCUT2D eigenvalue weighted by Gasteiger charge is 2.17. The average molecular weight is 203 g/mol. The number of carbonyl (C=O) groups is 1. The molecule has 0 bridgehead atoms. The fourth-order valence-corrected chi connectivity index (χ4v) is 1.15. The Morgan fingerprint density at radius 2 is 2.00 bits per heavy atom. The van der Waals surface area contributed by atoms with E-state index in [2.05, 4.69) is 0 Å². The van der Waals surface area contributed by atoms with Gasteiger partial charge in [0.15, 0.2) is 0 Å². The summed E-state index contributed by atoms with van der Waals surface area (Å²) in [5.74, 6) is -1.99. The predicted octanol–water partition coefficient (Wildman–Crippen LogP) is 1.76. The Morgan fingerprint density at radius 3 is 2.46 bits per heavy atom. The van der Waals surface area contributed by atoms with Gasteiger partial charge in [0.25, 0.3) is 0 Å². The van der Waals surface area contributed by atoms with Crippen molar-refractivity contribution in [1.82, 2.24) is 0 Å².